The number of hydrogen-bond acceptors (Lipinski definition) is 4. The number of carbonyl (C=O) groups is 1. The molecule has 6 nitrogen and oxygen atoms in total. The highest BCUT2D eigenvalue weighted by Gasteiger charge is 2.42. The molecule has 1 amide bonds. The van der Waals surface area contributed by atoms with E-state index in [0.717, 1.165) is 0 Å². The van der Waals surface area contributed by atoms with Crippen LogP contribution in [-0.2, 0) is 24.2 Å². The molecule has 2 rings (SSSR count). The summed E-state index contributed by atoms with van der Waals surface area (Å²) >= 11 is 0. The van der Waals surface area contributed by atoms with Gasteiger partial charge in [0.15, 0.2) is 5.82 Å². The molecule has 2 heterocycles. The monoisotopic (exact) mass is 292 g/mol. The number of hydrogen-bond donors (Lipinski definition) is 1. The fraction of sp³-hybridized carbons (Fsp3) is 0.727. The lowest BCUT2D eigenvalue weighted by Crippen LogP contribution is -2.32. The van der Waals surface area contributed by atoms with Gasteiger partial charge in [0.05, 0.1) is 19.1 Å². The summed E-state index contributed by atoms with van der Waals surface area (Å²) in [4.78, 5) is 11.2. The lowest BCUT2D eigenvalue weighted by atomic mass is 9.97. The SMILES string of the molecule is CCOC(=O)NCc1nnc2n1CC[C@H](C(F)(F)F)C2. The average molecular weight is 292 g/mol. The van der Waals surface area contributed by atoms with Crippen molar-refractivity contribution in [3.05, 3.63) is 11.6 Å². The van der Waals surface area contributed by atoms with E-state index in [2.05, 4.69) is 20.3 Å². The molecule has 0 unspecified atom stereocenters. The summed E-state index contributed by atoms with van der Waals surface area (Å²) in [6, 6.07) is 0. The van der Waals surface area contributed by atoms with E-state index < -0.39 is 18.2 Å². The summed E-state index contributed by atoms with van der Waals surface area (Å²) in [5, 5.41) is 10.1. The number of fused-ring (bicyclic) bond motifs is 1. The predicted molar refractivity (Wildman–Crippen MR) is 61.7 cm³/mol. The lowest BCUT2D eigenvalue weighted by molar-refractivity contribution is -0.179. The highest BCUT2D eigenvalue weighted by Crippen LogP contribution is 2.34. The molecule has 0 saturated heterocycles. The van der Waals surface area contributed by atoms with E-state index in [0.29, 0.717) is 11.6 Å². The first kappa shape index (κ1) is 14.6. The van der Waals surface area contributed by atoms with Crippen LogP contribution in [0.5, 0.6) is 0 Å². The Bertz CT molecular complexity index is 487. The average Bonchev–Trinajstić information content (AvgIpc) is 2.78. The summed E-state index contributed by atoms with van der Waals surface area (Å²) in [6.07, 6.45) is -4.97. The molecule has 0 spiro atoms. The number of alkyl carbamates (subject to hydrolysis) is 1. The van der Waals surface area contributed by atoms with Gasteiger partial charge < -0.3 is 14.6 Å². The number of halogens is 3. The van der Waals surface area contributed by atoms with E-state index >= 15 is 0 Å². The van der Waals surface area contributed by atoms with Gasteiger partial charge in [-0.05, 0) is 13.3 Å². The Morgan fingerprint density at radius 1 is 1.50 bits per heavy atom. The van der Waals surface area contributed by atoms with E-state index in [1.54, 1.807) is 11.5 Å². The van der Waals surface area contributed by atoms with Gasteiger partial charge in [0.25, 0.3) is 0 Å². The number of nitrogens with zero attached hydrogens (tertiary/aromatic N) is 3. The Labute approximate surface area is 113 Å². The minimum Gasteiger partial charge on any atom is -0.450 e. The molecule has 1 N–H and O–H groups in total. The number of amides is 1. The van der Waals surface area contributed by atoms with E-state index in [4.69, 9.17) is 0 Å². The van der Waals surface area contributed by atoms with Gasteiger partial charge in [-0.25, -0.2) is 4.79 Å². The van der Waals surface area contributed by atoms with Gasteiger partial charge in [-0.2, -0.15) is 13.2 Å². The maximum atomic E-state index is 12.6. The van der Waals surface area contributed by atoms with Crippen LogP contribution in [0, 0.1) is 5.92 Å². The van der Waals surface area contributed by atoms with E-state index in [1.165, 1.54) is 0 Å². The molecule has 0 saturated carbocycles. The summed E-state index contributed by atoms with van der Waals surface area (Å²) in [6.45, 7) is 2.21. The number of nitrogens with one attached hydrogen (secondary N) is 1. The molecule has 0 bridgehead atoms. The number of carbonyl (C=O) groups excluding carboxylic acids is 1. The molecule has 1 aliphatic heterocycles. The first-order valence-electron chi connectivity index (χ1n) is 6.30. The number of rotatable bonds is 3. The van der Waals surface area contributed by atoms with Crippen molar-refractivity contribution in [1.29, 1.82) is 0 Å². The highest BCUT2D eigenvalue weighted by atomic mass is 19.4. The molecule has 0 radical (unpaired) electrons. The van der Waals surface area contributed by atoms with Crippen LogP contribution in [0.2, 0.25) is 0 Å². The van der Waals surface area contributed by atoms with Crippen molar-refractivity contribution >= 4 is 6.09 Å². The fourth-order valence-corrected chi connectivity index (χ4v) is 2.13. The normalized spacial score (nSPS) is 18.5. The minimum atomic E-state index is -4.21. The fourth-order valence-electron chi connectivity index (χ4n) is 2.13. The molecule has 0 aromatic carbocycles. The molecular weight excluding hydrogens is 277 g/mol. The predicted octanol–water partition coefficient (Wildman–Crippen LogP) is 1.65. The van der Waals surface area contributed by atoms with Crippen LogP contribution in [0.3, 0.4) is 0 Å². The van der Waals surface area contributed by atoms with Crippen molar-refractivity contribution in [3.8, 4) is 0 Å². The molecule has 0 fully saturated rings. The van der Waals surface area contributed by atoms with Crippen molar-refractivity contribution in [2.75, 3.05) is 6.61 Å². The molecule has 112 valence electrons. The Hall–Kier alpha value is -1.80. The second-order valence-corrected chi connectivity index (χ2v) is 4.49. The van der Waals surface area contributed by atoms with E-state index in [9.17, 15) is 18.0 Å². The minimum absolute atomic E-state index is 0.000939. The first-order valence-corrected chi connectivity index (χ1v) is 6.30. The van der Waals surface area contributed by atoms with Gasteiger partial charge in [0.2, 0.25) is 0 Å². The molecule has 1 atom stereocenters. The summed E-state index contributed by atoms with van der Waals surface area (Å²) in [7, 11) is 0. The Kier molecular flexibility index (Phi) is 4.15. The Balaban J connectivity index is 1.99. The van der Waals surface area contributed by atoms with Crippen LogP contribution in [0.25, 0.3) is 0 Å². The van der Waals surface area contributed by atoms with Gasteiger partial charge in [0.1, 0.15) is 5.82 Å². The first-order chi connectivity index (χ1) is 9.41. The van der Waals surface area contributed by atoms with E-state index in [-0.39, 0.29) is 32.5 Å². The topological polar surface area (TPSA) is 69.0 Å². The molecule has 1 aromatic rings. The zero-order valence-electron chi connectivity index (χ0n) is 10.9. The van der Waals surface area contributed by atoms with Crippen molar-refractivity contribution in [2.24, 2.45) is 5.92 Å². The van der Waals surface area contributed by atoms with Crippen molar-refractivity contribution in [2.45, 2.75) is 39.0 Å². The Morgan fingerprint density at radius 2 is 2.25 bits per heavy atom. The van der Waals surface area contributed by atoms with Crippen molar-refractivity contribution < 1.29 is 22.7 Å². The summed E-state index contributed by atoms with van der Waals surface area (Å²) in [5.74, 6) is -0.627. The van der Waals surface area contributed by atoms with Crippen LogP contribution in [0.1, 0.15) is 25.0 Å². The third kappa shape index (κ3) is 3.20. The van der Waals surface area contributed by atoms with Crippen molar-refractivity contribution in [3.63, 3.8) is 0 Å². The zero-order valence-corrected chi connectivity index (χ0v) is 10.9. The zero-order chi connectivity index (χ0) is 14.8. The third-order valence-corrected chi connectivity index (χ3v) is 3.16. The number of aromatic nitrogens is 3. The van der Waals surface area contributed by atoms with Gasteiger partial charge >= 0.3 is 12.3 Å². The summed E-state index contributed by atoms with van der Waals surface area (Å²) in [5.41, 5.74) is 0. The molecule has 1 aromatic heterocycles. The van der Waals surface area contributed by atoms with Gasteiger partial charge in [-0.1, -0.05) is 0 Å². The smallest absolute Gasteiger partial charge is 0.407 e. The third-order valence-electron chi connectivity index (χ3n) is 3.16. The number of alkyl halides is 3. The number of ether oxygens (including phenoxy) is 1. The van der Waals surface area contributed by atoms with Gasteiger partial charge in [-0.3, -0.25) is 0 Å². The molecule has 20 heavy (non-hydrogen) atoms. The maximum Gasteiger partial charge on any atom is 0.407 e. The Morgan fingerprint density at radius 3 is 2.90 bits per heavy atom. The van der Waals surface area contributed by atoms with Crippen LogP contribution in [0.15, 0.2) is 0 Å². The van der Waals surface area contributed by atoms with Crippen LogP contribution >= 0.6 is 0 Å². The lowest BCUT2D eigenvalue weighted by Gasteiger charge is -2.25. The van der Waals surface area contributed by atoms with Gasteiger partial charge in [0, 0.05) is 13.0 Å². The largest absolute Gasteiger partial charge is 0.450 e. The molecule has 1 aliphatic rings. The standard InChI is InChI=1S/C11H15F3N4O2/c1-2-20-10(19)15-6-9-17-16-8-5-7(11(12,13)14)3-4-18(8)9/h7H,2-6H2,1H3,(H,15,19)/t7-/m0/s1. The van der Waals surface area contributed by atoms with Crippen LogP contribution in [0.4, 0.5) is 18.0 Å². The molecular formula is C11H15F3N4O2. The van der Waals surface area contributed by atoms with Crippen molar-refractivity contribution in [1.82, 2.24) is 20.1 Å². The maximum absolute atomic E-state index is 12.6. The summed E-state index contributed by atoms with van der Waals surface area (Å²) < 4.78 is 44.3. The molecule has 9 heteroatoms. The van der Waals surface area contributed by atoms with Crippen LogP contribution < -0.4 is 5.32 Å². The van der Waals surface area contributed by atoms with Crippen LogP contribution in [-0.4, -0.2) is 33.6 Å². The van der Waals surface area contributed by atoms with Gasteiger partial charge in [-0.15, -0.1) is 10.2 Å². The second kappa shape index (κ2) is 5.68. The van der Waals surface area contributed by atoms with E-state index in [1.807, 2.05) is 0 Å². The highest BCUT2D eigenvalue weighted by molar-refractivity contribution is 5.66. The molecule has 0 aliphatic carbocycles. The quantitative estimate of drug-likeness (QED) is 0.919. The second-order valence-electron chi connectivity index (χ2n) is 4.49.